The van der Waals surface area contributed by atoms with Gasteiger partial charge in [0.1, 0.15) is 6.04 Å². The molecule has 0 aromatic rings. The number of methoxy groups -OCH3 is 1. The van der Waals surface area contributed by atoms with Crippen molar-refractivity contribution in [1.82, 2.24) is 10.8 Å². The molecule has 1 rings (SSSR count). The van der Waals surface area contributed by atoms with Crippen LogP contribution in [0.15, 0.2) is 0 Å². The van der Waals surface area contributed by atoms with Gasteiger partial charge in [-0.2, -0.15) is 0 Å². The summed E-state index contributed by atoms with van der Waals surface area (Å²) in [7, 11) is 1.54. The summed E-state index contributed by atoms with van der Waals surface area (Å²) < 4.78 is 4.72. The minimum atomic E-state index is -0.454. The maximum Gasteiger partial charge on any atom is 0.266 e. The number of ether oxygens (including phenoxy) is 1. The Morgan fingerprint density at radius 2 is 2.43 bits per heavy atom. The van der Waals surface area contributed by atoms with Gasteiger partial charge in [-0.3, -0.25) is 14.4 Å². The molecule has 0 saturated carbocycles. The predicted octanol–water partition coefficient (Wildman–Crippen LogP) is -1.04. The van der Waals surface area contributed by atoms with E-state index < -0.39 is 6.04 Å². The maximum atomic E-state index is 11.3. The number of hydrogen-bond donors (Lipinski definition) is 2. The van der Waals surface area contributed by atoms with Gasteiger partial charge in [0.15, 0.2) is 0 Å². The molecule has 1 atom stereocenters. The van der Waals surface area contributed by atoms with Gasteiger partial charge >= 0.3 is 0 Å². The van der Waals surface area contributed by atoms with Crippen molar-refractivity contribution in [3.05, 3.63) is 0 Å². The molecule has 0 aromatic heterocycles. The first-order valence-corrected chi connectivity index (χ1v) is 4.44. The molecule has 6 nitrogen and oxygen atoms in total. The summed E-state index contributed by atoms with van der Waals surface area (Å²) in [4.78, 5) is 26.9. The van der Waals surface area contributed by atoms with Gasteiger partial charge in [-0.15, -0.1) is 0 Å². The van der Waals surface area contributed by atoms with E-state index in [0.29, 0.717) is 26.1 Å². The average Bonchev–Trinajstić information content (AvgIpc) is 2.59. The summed E-state index contributed by atoms with van der Waals surface area (Å²) in [6.45, 7) is 0.709. The Balaban J connectivity index is 2.12. The lowest BCUT2D eigenvalue weighted by atomic mass is 10.2. The van der Waals surface area contributed by atoms with Crippen LogP contribution >= 0.6 is 0 Å². The zero-order chi connectivity index (χ0) is 10.4. The van der Waals surface area contributed by atoms with Crippen LogP contribution in [0.3, 0.4) is 0 Å². The molecule has 2 amide bonds. The number of amides is 2. The van der Waals surface area contributed by atoms with E-state index >= 15 is 0 Å². The molecule has 1 aliphatic rings. The van der Waals surface area contributed by atoms with Gasteiger partial charge in [0.2, 0.25) is 5.91 Å². The molecular formula is C8H14N2O4. The Bertz CT molecular complexity index is 219. The van der Waals surface area contributed by atoms with Crippen molar-refractivity contribution in [2.45, 2.75) is 18.9 Å². The third-order valence-electron chi connectivity index (χ3n) is 1.87. The van der Waals surface area contributed by atoms with Gasteiger partial charge in [-0.05, 0) is 6.42 Å². The molecule has 0 radical (unpaired) electrons. The predicted molar refractivity (Wildman–Crippen MR) is 47.1 cm³/mol. The van der Waals surface area contributed by atoms with Crippen molar-refractivity contribution in [1.29, 1.82) is 0 Å². The number of hydrogen-bond acceptors (Lipinski definition) is 4. The van der Waals surface area contributed by atoms with E-state index in [1.165, 1.54) is 0 Å². The molecule has 0 unspecified atom stereocenters. The van der Waals surface area contributed by atoms with Gasteiger partial charge < -0.3 is 10.1 Å². The van der Waals surface area contributed by atoms with Crippen molar-refractivity contribution in [3.8, 4) is 0 Å². The van der Waals surface area contributed by atoms with Crippen LogP contribution in [0.2, 0.25) is 0 Å². The Morgan fingerprint density at radius 3 is 3.00 bits per heavy atom. The fourth-order valence-electron chi connectivity index (χ4n) is 1.13. The Hall–Kier alpha value is -1.14. The van der Waals surface area contributed by atoms with Crippen LogP contribution in [0.25, 0.3) is 0 Å². The van der Waals surface area contributed by atoms with Crippen LogP contribution in [0.1, 0.15) is 12.8 Å². The van der Waals surface area contributed by atoms with Gasteiger partial charge in [0.25, 0.3) is 5.91 Å². The molecule has 1 heterocycles. The van der Waals surface area contributed by atoms with Crippen molar-refractivity contribution < 1.29 is 19.2 Å². The number of hydroxylamine groups is 1. The minimum Gasteiger partial charge on any atom is -0.382 e. The second-order valence-electron chi connectivity index (χ2n) is 2.97. The quantitative estimate of drug-likeness (QED) is 0.441. The van der Waals surface area contributed by atoms with Crippen LogP contribution < -0.4 is 10.8 Å². The number of carbonyl (C=O) groups excluding carboxylic acids is 2. The summed E-state index contributed by atoms with van der Waals surface area (Å²) in [5.41, 5.74) is 2.25. The molecule has 1 fully saturated rings. The highest BCUT2D eigenvalue weighted by atomic mass is 16.7. The summed E-state index contributed by atoms with van der Waals surface area (Å²) in [6.07, 6.45) is 0.925. The van der Waals surface area contributed by atoms with E-state index in [4.69, 9.17) is 9.57 Å². The van der Waals surface area contributed by atoms with Gasteiger partial charge in [0, 0.05) is 13.5 Å². The molecule has 1 saturated heterocycles. The topological polar surface area (TPSA) is 76.7 Å². The Morgan fingerprint density at radius 1 is 1.64 bits per heavy atom. The molecule has 0 aliphatic carbocycles. The summed E-state index contributed by atoms with van der Waals surface area (Å²) in [6, 6.07) is -0.454. The largest absolute Gasteiger partial charge is 0.382 e. The van der Waals surface area contributed by atoms with E-state index in [9.17, 15) is 9.59 Å². The molecule has 80 valence electrons. The fraction of sp³-hybridized carbons (Fsp3) is 0.750. The van der Waals surface area contributed by atoms with Crippen LogP contribution in [-0.2, 0) is 19.2 Å². The van der Waals surface area contributed by atoms with Crippen LogP contribution in [0.5, 0.6) is 0 Å². The molecule has 0 spiro atoms. The van der Waals surface area contributed by atoms with E-state index in [0.717, 1.165) is 0 Å². The van der Waals surface area contributed by atoms with E-state index in [-0.39, 0.29) is 11.8 Å². The molecule has 1 aliphatic heterocycles. The average molecular weight is 202 g/mol. The first kappa shape index (κ1) is 10.9. The van der Waals surface area contributed by atoms with Gasteiger partial charge in [-0.1, -0.05) is 0 Å². The number of nitrogens with one attached hydrogen (secondary N) is 2. The fourth-order valence-corrected chi connectivity index (χ4v) is 1.13. The zero-order valence-corrected chi connectivity index (χ0v) is 8.04. The van der Waals surface area contributed by atoms with E-state index in [2.05, 4.69) is 10.8 Å². The van der Waals surface area contributed by atoms with Gasteiger partial charge in [-0.25, -0.2) is 5.48 Å². The van der Waals surface area contributed by atoms with Crippen LogP contribution in [0.4, 0.5) is 0 Å². The van der Waals surface area contributed by atoms with Crippen molar-refractivity contribution in [3.63, 3.8) is 0 Å². The van der Waals surface area contributed by atoms with Crippen molar-refractivity contribution in [2.75, 3.05) is 20.3 Å². The third kappa shape index (κ3) is 3.31. The highest BCUT2D eigenvalue weighted by Gasteiger charge is 2.27. The Kier molecular flexibility index (Phi) is 4.34. The minimum absolute atomic E-state index is 0.0953. The summed E-state index contributed by atoms with van der Waals surface area (Å²) >= 11 is 0. The number of rotatable bonds is 5. The van der Waals surface area contributed by atoms with Crippen molar-refractivity contribution in [2.24, 2.45) is 0 Å². The van der Waals surface area contributed by atoms with E-state index in [1.807, 2.05) is 0 Å². The molecule has 6 heteroatoms. The first-order valence-electron chi connectivity index (χ1n) is 4.44. The molecule has 0 bridgehead atoms. The summed E-state index contributed by atoms with van der Waals surface area (Å²) in [5, 5.41) is 2.53. The normalized spacial score (nSPS) is 20.6. The number of carbonyl (C=O) groups is 2. The lowest BCUT2D eigenvalue weighted by Crippen LogP contribution is -2.41. The zero-order valence-electron chi connectivity index (χ0n) is 8.04. The van der Waals surface area contributed by atoms with E-state index in [1.54, 1.807) is 7.11 Å². The molecular weight excluding hydrogens is 188 g/mol. The molecule has 14 heavy (non-hydrogen) atoms. The highest BCUT2D eigenvalue weighted by molar-refractivity contribution is 5.90. The molecule has 0 aromatic carbocycles. The lowest BCUT2D eigenvalue weighted by Gasteiger charge is -2.10. The van der Waals surface area contributed by atoms with Crippen LogP contribution in [0, 0.1) is 0 Å². The van der Waals surface area contributed by atoms with Crippen LogP contribution in [-0.4, -0.2) is 38.2 Å². The first-order chi connectivity index (χ1) is 6.74. The SMILES string of the molecule is COCCONC(=O)[C@@H]1CCC(=O)N1. The third-order valence-corrected chi connectivity index (χ3v) is 1.87. The molecule has 2 N–H and O–H groups in total. The monoisotopic (exact) mass is 202 g/mol. The summed E-state index contributed by atoms with van der Waals surface area (Å²) in [5.74, 6) is -0.408. The standard InChI is InChI=1S/C8H14N2O4/c1-13-4-5-14-10-8(12)6-2-3-7(11)9-6/h6H,2-5H2,1H3,(H,9,11)(H,10,12)/t6-/m0/s1. The second-order valence-corrected chi connectivity index (χ2v) is 2.97. The lowest BCUT2D eigenvalue weighted by molar-refractivity contribution is -0.137. The Labute approximate surface area is 81.9 Å². The van der Waals surface area contributed by atoms with Crippen molar-refractivity contribution >= 4 is 11.8 Å². The van der Waals surface area contributed by atoms with Gasteiger partial charge in [0.05, 0.1) is 13.2 Å². The highest BCUT2D eigenvalue weighted by Crippen LogP contribution is 2.05. The second kappa shape index (κ2) is 5.56. The smallest absolute Gasteiger partial charge is 0.266 e. The maximum absolute atomic E-state index is 11.3.